The Hall–Kier alpha value is -4.45. The predicted octanol–water partition coefficient (Wildman–Crippen LogP) is -4.12. The maximum atomic E-state index is 13.0. The monoisotopic (exact) mass is 624 g/mol. The van der Waals surface area contributed by atoms with Crippen LogP contribution in [0.2, 0.25) is 0 Å². The zero-order valence-electron chi connectivity index (χ0n) is 25.1. The number of carboxylic acids is 1. The van der Waals surface area contributed by atoms with Crippen LogP contribution in [0.3, 0.4) is 0 Å². The third-order valence-electron chi connectivity index (χ3n) is 6.68. The van der Waals surface area contributed by atoms with Crippen LogP contribution in [-0.2, 0) is 24.0 Å². The lowest BCUT2D eigenvalue weighted by Crippen LogP contribution is -2.55. The van der Waals surface area contributed by atoms with Crippen LogP contribution >= 0.6 is 0 Å². The number of rotatable bonds is 20. The molecule has 0 aromatic heterocycles. The number of unbranched alkanes of at least 4 members (excludes halogenated alkanes) is 1. The highest BCUT2D eigenvalue weighted by molar-refractivity contribution is 5.95. The molecule has 0 saturated heterocycles. The van der Waals surface area contributed by atoms with Crippen LogP contribution in [0.5, 0.6) is 0 Å². The third kappa shape index (κ3) is 14.1. The van der Waals surface area contributed by atoms with Gasteiger partial charge in [0.1, 0.15) is 18.1 Å². The van der Waals surface area contributed by atoms with Gasteiger partial charge in [0, 0.05) is 26.2 Å². The molecule has 0 aliphatic carbocycles. The minimum atomic E-state index is -1.24. The molecule has 18 heteroatoms. The van der Waals surface area contributed by atoms with E-state index in [1.807, 2.05) is 0 Å². The Kier molecular flexibility index (Phi) is 16.8. The summed E-state index contributed by atoms with van der Waals surface area (Å²) in [7, 11) is 0. The normalized spacial score (nSPS) is 16.6. The molecule has 1 aliphatic heterocycles. The molecule has 0 spiro atoms. The molecule has 0 saturated carbocycles. The van der Waals surface area contributed by atoms with Gasteiger partial charge in [-0.05, 0) is 51.9 Å². The van der Waals surface area contributed by atoms with Gasteiger partial charge in [-0.3, -0.25) is 29.2 Å². The van der Waals surface area contributed by atoms with Gasteiger partial charge in [0.2, 0.25) is 23.6 Å². The van der Waals surface area contributed by atoms with E-state index in [0.29, 0.717) is 51.6 Å². The second-order valence-corrected chi connectivity index (χ2v) is 10.4. The Balaban J connectivity index is 2.48. The lowest BCUT2D eigenvalue weighted by atomic mass is 10.1. The summed E-state index contributed by atoms with van der Waals surface area (Å²) in [6.07, 6.45) is 5.98. The van der Waals surface area contributed by atoms with Gasteiger partial charge in [0.05, 0.1) is 12.1 Å². The molecule has 0 radical (unpaired) electrons. The predicted molar refractivity (Wildman–Crippen MR) is 164 cm³/mol. The number of nitrogens with zero attached hydrogens (tertiary/aromatic N) is 3. The van der Waals surface area contributed by atoms with E-state index in [2.05, 4.69) is 25.9 Å². The van der Waals surface area contributed by atoms with Crippen molar-refractivity contribution in [1.29, 1.82) is 0 Å². The van der Waals surface area contributed by atoms with E-state index in [9.17, 15) is 29.1 Å². The Morgan fingerprint density at radius 3 is 2.05 bits per heavy atom. The van der Waals surface area contributed by atoms with Crippen molar-refractivity contribution < 1.29 is 29.1 Å². The highest BCUT2D eigenvalue weighted by Crippen LogP contribution is 2.14. The quantitative estimate of drug-likeness (QED) is 0.0267. The molecule has 16 N–H and O–H groups in total. The van der Waals surface area contributed by atoms with Gasteiger partial charge in [0.25, 0.3) is 0 Å². The zero-order chi connectivity index (χ0) is 33.2. The van der Waals surface area contributed by atoms with Crippen LogP contribution in [0.1, 0.15) is 51.9 Å². The van der Waals surface area contributed by atoms with Gasteiger partial charge in [-0.2, -0.15) is 0 Å². The average molecular weight is 625 g/mol. The van der Waals surface area contributed by atoms with Crippen molar-refractivity contribution in [2.45, 2.75) is 82.1 Å². The van der Waals surface area contributed by atoms with E-state index in [4.69, 9.17) is 34.4 Å². The van der Waals surface area contributed by atoms with Crippen molar-refractivity contribution >= 4 is 41.5 Å². The molecule has 0 unspecified atom stereocenters. The van der Waals surface area contributed by atoms with Crippen LogP contribution in [0.4, 0.5) is 0 Å². The summed E-state index contributed by atoms with van der Waals surface area (Å²) in [6, 6.07) is -4.83. The number of amides is 4. The number of nitrogens with one attached hydrogen (secondary N) is 3. The van der Waals surface area contributed by atoms with Gasteiger partial charge in [-0.15, -0.1) is 0 Å². The molecule has 5 atom stereocenters. The van der Waals surface area contributed by atoms with Crippen LogP contribution < -0.4 is 50.4 Å². The van der Waals surface area contributed by atoms with Crippen LogP contribution in [0, 0.1) is 0 Å². The highest BCUT2D eigenvalue weighted by atomic mass is 16.4. The SMILES string of the molecule is C[C@H](NC(=O)[C@@H]1C=CCN1C(=O)[C@@H](N)CCCCNC(=O)[C@@H](N)CCCN=C(N)N)C(=O)N[C@@H](CCCN=C(N)N)C(=O)O. The number of aliphatic imine (C=N–C) groups is 2. The summed E-state index contributed by atoms with van der Waals surface area (Å²) in [4.78, 5) is 71.1. The smallest absolute Gasteiger partial charge is 0.326 e. The first-order chi connectivity index (χ1) is 20.7. The van der Waals surface area contributed by atoms with Gasteiger partial charge >= 0.3 is 5.97 Å². The summed E-state index contributed by atoms with van der Waals surface area (Å²) >= 11 is 0. The molecule has 0 aromatic rings. The summed E-state index contributed by atoms with van der Waals surface area (Å²) < 4.78 is 0. The number of carbonyl (C=O) groups excluding carboxylic acids is 4. The standard InChI is InChI=1S/C26H48N12O6/c1-15(20(39)37-18(24(43)44)9-5-13-35-26(31)32)36-22(41)19-10-6-14-38(19)23(42)17(28)7-2-3-11-33-21(40)16(27)8-4-12-34-25(29)30/h6,10,15-19H,2-5,7-9,11-14,27-28H2,1H3,(H,33,40)(H,36,41)(H,37,39)(H,43,44)(H4,29,30,34)(H4,31,32,35)/t15-,16-,17-,18-,19-/m0/s1. The molecule has 18 nitrogen and oxygen atoms in total. The molecule has 0 bridgehead atoms. The fraction of sp³-hybridized carbons (Fsp3) is 0.654. The second kappa shape index (κ2) is 19.7. The Morgan fingerprint density at radius 1 is 0.864 bits per heavy atom. The third-order valence-corrected chi connectivity index (χ3v) is 6.68. The summed E-state index contributed by atoms with van der Waals surface area (Å²) in [6.45, 7) is 2.51. The van der Waals surface area contributed by atoms with Crippen LogP contribution in [0.25, 0.3) is 0 Å². The first-order valence-corrected chi connectivity index (χ1v) is 14.4. The maximum absolute atomic E-state index is 13.0. The lowest BCUT2D eigenvalue weighted by molar-refractivity contribution is -0.143. The van der Waals surface area contributed by atoms with E-state index in [1.54, 1.807) is 6.08 Å². The van der Waals surface area contributed by atoms with E-state index >= 15 is 0 Å². The average Bonchev–Trinajstić information content (AvgIpc) is 3.45. The Labute approximate surface area is 256 Å². The highest BCUT2D eigenvalue weighted by Gasteiger charge is 2.34. The van der Waals surface area contributed by atoms with Gasteiger partial charge in [-0.25, -0.2) is 4.79 Å². The number of carbonyl (C=O) groups is 5. The number of carboxylic acid groups (broad SMARTS) is 1. The molecule has 248 valence electrons. The van der Waals surface area contributed by atoms with Gasteiger partial charge < -0.3 is 60.4 Å². The van der Waals surface area contributed by atoms with Crippen molar-refractivity contribution in [2.24, 2.45) is 44.4 Å². The minimum Gasteiger partial charge on any atom is -0.480 e. The molecule has 4 amide bonds. The zero-order valence-corrected chi connectivity index (χ0v) is 25.1. The number of nitrogens with two attached hydrogens (primary N) is 6. The number of guanidine groups is 2. The molecule has 0 fully saturated rings. The summed E-state index contributed by atoms with van der Waals surface area (Å²) in [5, 5.41) is 17.1. The molecule has 44 heavy (non-hydrogen) atoms. The van der Waals surface area contributed by atoms with E-state index < -0.39 is 53.9 Å². The largest absolute Gasteiger partial charge is 0.480 e. The molecule has 0 aromatic carbocycles. The van der Waals surface area contributed by atoms with Crippen molar-refractivity contribution in [1.82, 2.24) is 20.9 Å². The van der Waals surface area contributed by atoms with E-state index in [-0.39, 0.29) is 37.3 Å². The Morgan fingerprint density at radius 2 is 1.45 bits per heavy atom. The second-order valence-electron chi connectivity index (χ2n) is 10.4. The number of hydrogen-bond donors (Lipinski definition) is 10. The fourth-order valence-electron chi connectivity index (χ4n) is 4.22. The van der Waals surface area contributed by atoms with Crippen molar-refractivity contribution in [2.75, 3.05) is 26.2 Å². The van der Waals surface area contributed by atoms with Crippen LogP contribution in [-0.4, -0.2) is 108 Å². The van der Waals surface area contributed by atoms with Crippen LogP contribution in [0.15, 0.2) is 22.1 Å². The van der Waals surface area contributed by atoms with Crippen molar-refractivity contribution in [3.8, 4) is 0 Å². The molecular weight excluding hydrogens is 576 g/mol. The first-order valence-electron chi connectivity index (χ1n) is 14.4. The van der Waals surface area contributed by atoms with Crippen molar-refractivity contribution in [3.05, 3.63) is 12.2 Å². The van der Waals surface area contributed by atoms with E-state index in [1.165, 1.54) is 17.9 Å². The molecule has 1 heterocycles. The summed E-state index contributed by atoms with van der Waals surface area (Å²) in [5.41, 5.74) is 33.0. The Bertz CT molecular complexity index is 1070. The molecular formula is C26H48N12O6. The lowest BCUT2D eigenvalue weighted by Gasteiger charge is -2.28. The van der Waals surface area contributed by atoms with Gasteiger partial charge in [-0.1, -0.05) is 12.2 Å². The number of aliphatic carboxylic acids is 1. The fourth-order valence-corrected chi connectivity index (χ4v) is 4.22. The number of hydrogen-bond acceptors (Lipinski definition) is 9. The first kappa shape index (κ1) is 37.6. The minimum absolute atomic E-state index is 0.0177. The maximum Gasteiger partial charge on any atom is 0.326 e. The van der Waals surface area contributed by atoms with Crippen molar-refractivity contribution in [3.63, 3.8) is 0 Å². The molecule has 1 aliphatic rings. The molecule has 1 rings (SSSR count). The van der Waals surface area contributed by atoms with Gasteiger partial charge in [0.15, 0.2) is 11.9 Å². The summed E-state index contributed by atoms with van der Waals surface area (Å²) in [5.74, 6) is -3.43. The van der Waals surface area contributed by atoms with E-state index in [0.717, 1.165) is 0 Å². The topological polar surface area (TPSA) is 326 Å².